The average molecular weight is 468 g/mol. The predicted octanol–water partition coefficient (Wildman–Crippen LogP) is 2.02. The molecule has 1 spiro atoms. The highest BCUT2D eigenvalue weighted by atomic mass is 19.1. The van der Waals surface area contributed by atoms with Crippen molar-refractivity contribution in [2.75, 3.05) is 6.61 Å². The van der Waals surface area contributed by atoms with E-state index in [1.807, 2.05) is 0 Å². The number of nitrogens with zero attached hydrogens (tertiary/aromatic N) is 5. The van der Waals surface area contributed by atoms with Crippen LogP contribution in [0.3, 0.4) is 0 Å². The molecule has 1 amide bonds. The highest BCUT2D eigenvalue weighted by Gasteiger charge is 2.44. The van der Waals surface area contributed by atoms with Crippen molar-refractivity contribution in [1.82, 2.24) is 29.6 Å². The molecule has 34 heavy (non-hydrogen) atoms. The molecular weight excluding hydrogens is 443 g/mol. The van der Waals surface area contributed by atoms with Crippen LogP contribution >= 0.6 is 0 Å². The number of ether oxygens (including phenoxy) is 1. The lowest BCUT2D eigenvalue weighted by Crippen LogP contribution is -2.44. The van der Waals surface area contributed by atoms with Crippen LogP contribution in [0.15, 0.2) is 23.0 Å². The molecule has 0 saturated heterocycles. The first-order valence-corrected chi connectivity index (χ1v) is 11.2. The molecule has 11 heteroatoms. The minimum atomic E-state index is -0.710. The molecule has 1 saturated carbocycles. The lowest BCUT2D eigenvalue weighted by atomic mass is 9.99. The van der Waals surface area contributed by atoms with Gasteiger partial charge >= 0.3 is 0 Å². The number of aromatic hydroxyl groups is 1. The zero-order valence-electron chi connectivity index (χ0n) is 19.0. The number of fused-ring (bicyclic) bond motifs is 2. The maximum absolute atomic E-state index is 14.0. The third-order valence-corrected chi connectivity index (χ3v) is 6.46. The second kappa shape index (κ2) is 8.32. The van der Waals surface area contributed by atoms with Crippen LogP contribution < -0.4 is 10.9 Å². The zero-order valence-corrected chi connectivity index (χ0v) is 19.0. The second-order valence-corrected chi connectivity index (χ2v) is 8.71. The number of nitrogens with one attached hydrogen (secondary N) is 1. The normalized spacial score (nSPS) is 16.6. The molecular formula is C23H25FN6O4. The van der Waals surface area contributed by atoms with E-state index >= 15 is 0 Å². The molecule has 2 aliphatic rings. The second-order valence-electron chi connectivity index (χ2n) is 8.71. The van der Waals surface area contributed by atoms with Gasteiger partial charge in [-0.15, -0.1) is 0 Å². The molecule has 1 aliphatic heterocycles. The Bertz CT molecular complexity index is 1340. The van der Waals surface area contributed by atoms with Gasteiger partial charge in [-0.1, -0.05) is 6.07 Å². The van der Waals surface area contributed by atoms with Crippen molar-refractivity contribution in [3.05, 3.63) is 63.1 Å². The summed E-state index contributed by atoms with van der Waals surface area (Å²) in [5.74, 6) is -0.373. The van der Waals surface area contributed by atoms with Crippen molar-refractivity contribution in [2.45, 2.75) is 58.2 Å². The van der Waals surface area contributed by atoms with E-state index < -0.39 is 28.6 Å². The Kier molecular flexibility index (Phi) is 5.43. The number of halogens is 1. The Morgan fingerprint density at radius 2 is 2.03 bits per heavy atom. The first kappa shape index (κ1) is 22.2. The number of hydrogen-bond donors (Lipinski definition) is 2. The maximum Gasteiger partial charge on any atom is 0.296 e. The summed E-state index contributed by atoms with van der Waals surface area (Å²) in [4.78, 5) is 34.6. The van der Waals surface area contributed by atoms with Gasteiger partial charge in [0, 0.05) is 6.54 Å². The fourth-order valence-corrected chi connectivity index (χ4v) is 4.86. The monoisotopic (exact) mass is 468 g/mol. The quantitative estimate of drug-likeness (QED) is 0.600. The third-order valence-electron chi connectivity index (χ3n) is 6.46. The van der Waals surface area contributed by atoms with E-state index in [1.54, 1.807) is 13.8 Å². The summed E-state index contributed by atoms with van der Waals surface area (Å²) in [7, 11) is 0. The lowest BCUT2D eigenvalue weighted by Gasteiger charge is -2.35. The Balaban J connectivity index is 1.46. The number of amides is 1. The minimum absolute atomic E-state index is 0.00598. The van der Waals surface area contributed by atoms with Crippen LogP contribution in [0.5, 0.6) is 5.75 Å². The maximum atomic E-state index is 14.0. The molecule has 0 bridgehead atoms. The number of rotatable bonds is 4. The van der Waals surface area contributed by atoms with Crippen molar-refractivity contribution >= 4 is 5.91 Å². The molecule has 0 unspecified atom stereocenters. The molecule has 1 fully saturated rings. The number of carbonyl (C=O) groups is 1. The fraction of sp³-hybridized carbons (Fsp3) is 0.435. The minimum Gasteiger partial charge on any atom is -0.501 e. The SMILES string of the molecule is Cc1nc(C)n(-c2cc(F)ccc2CNC(=O)c2nc3n(c(=O)c2O)CCOC32CCCC2)n1. The van der Waals surface area contributed by atoms with E-state index in [-0.39, 0.29) is 18.8 Å². The summed E-state index contributed by atoms with van der Waals surface area (Å²) >= 11 is 0. The predicted molar refractivity (Wildman–Crippen MR) is 118 cm³/mol. The van der Waals surface area contributed by atoms with Crippen LogP contribution in [-0.4, -0.2) is 41.9 Å². The first-order chi connectivity index (χ1) is 16.3. The van der Waals surface area contributed by atoms with Gasteiger partial charge in [-0.05, 0) is 57.2 Å². The molecule has 1 aliphatic carbocycles. The van der Waals surface area contributed by atoms with E-state index in [0.29, 0.717) is 48.2 Å². The van der Waals surface area contributed by atoms with Gasteiger partial charge in [0.15, 0.2) is 5.69 Å². The van der Waals surface area contributed by atoms with Crippen molar-refractivity contribution in [2.24, 2.45) is 0 Å². The van der Waals surface area contributed by atoms with Gasteiger partial charge < -0.3 is 15.2 Å². The largest absolute Gasteiger partial charge is 0.501 e. The summed E-state index contributed by atoms with van der Waals surface area (Å²) < 4.78 is 22.9. The van der Waals surface area contributed by atoms with Gasteiger partial charge in [-0.2, -0.15) is 5.10 Å². The first-order valence-electron chi connectivity index (χ1n) is 11.2. The highest BCUT2D eigenvalue weighted by Crippen LogP contribution is 2.43. The molecule has 3 heterocycles. The van der Waals surface area contributed by atoms with E-state index in [1.165, 1.54) is 27.4 Å². The van der Waals surface area contributed by atoms with Crippen molar-refractivity contribution in [1.29, 1.82) is 0 Å². The highest BCUT2D eigenvalue weighted by molar-refractivity contribution is 5.94. The molecule has 178 valence electrons. The number of hydrogen-bond acceptors (Lipinski definition) is 7. The topological polar surface area (TPSA) is 124 Å². The molecule has 1 aromatic carbocycles. The van der Waals surface area contributed by atoms with E-state index in [0.717, 1.165) is 12.8 Å². The number of carbonyl (C=O) groups excluding carboxylic acids is 1. The van der Waals surface area contributed by atoms with Crippen LogP contribution in [0.2, 0.25) is 0 Å². The van der Waals surface area contributed by atoms with E-state index in [2.05, 4.69) is 20.4 Å². The van der Waals surface area contributed by atoms with Gasteiger partial charge in [-0.25, -0.2) is 19.0 Å². The smallest absolute Gasteiger partial charge is 0.296 e. The van der Waals surface area contributed by atoms with Gasteiger partial charge in [0.2, 0.25) is 5.75 Å². The molecule has 10 nitrogen and oxygen atoms in total. The van der Waals surface area contributed by atoms with Crippen LogP contribution in [0.1, 0.15) is 59.2 Å². The summed E-state index contributed by atoms with van der Waals surface area (Å²) in [6, 6.07) is 4.13. The fourth-order valence-electron chi connectivity index (χ4n) is 4.86. The molecule has 2 aromatic heterocycles. The molecule has 0 radical (unpaired) electrons. The third kappa shape index (κ3) is 3.65. The van der Waals surface area contributed by atoms with Crippen LogP contribution in [0, 0.1) is 19.7 Å². The van der Waals surface area contributed by atoms with Crippen LogP contribution in [-0.2, 0) is 23.4 Å². The molecule has 2 N–H and O–H groups in total. The molecule has 5 rings (SSSR count). The summed E-state index contributed by atoms with van der Waals surface area (Å²) in [5.41, 5.74) is -0.690. The van der Waals surface area contributed by atoms with E-state index in [9.17, 15) is 19.1 Å². The van der Waals surface area contributed by atoms with Gasteiger partial charge in [0.25, 0.3) is 11.5 Å². The van der Waals surface area contributed by atoms with Crippen molar-refractivity contribution < 1.29 is 19.0 Å². The summed E-state index contributed by atoms with van der Waals surface area (Å²) in [5, 5.41) is 17.5. The van der Waals surface area contributed by atoms with Crippen LogP contribution in [0.4, 0.5) is 4.39 Å². The molecule has 3 aromatic rings. The summed E-state index contributed by atoms with van der Waals surface area (Å²) in [6.07, 6.45) is 3.29. The van der Waals surface area contributed by atoms with Gasteiger partial charge in [0.05, 0.1) is 18.8 Å². The van der Waals surface area contributed by atoms with Gasteiger partial charge in [0.1, 0.15) is 28.9 Å². The Morgan fingerprint density at radius 3 is 2.74 bits per heavy atom. The van der Waals surface area contributed by atoms with Crippen LogP contribution in [0.25, 0.3) is 5.69 Å². The summed E-state index contributed by atoms with van der Waals surface area (Å²) in [6.45, 7) is 4.10. The van der Waals surface area contributed by atoms with Crippen molar-refractivity contribution in [3.63, 3.8) is 0 Å². The number of aromatic nitrogens is 5. The van der Waals surface area contributed by atoms with Crippen molar-refractivity contribution in [3.8, 4) is 11.4 Å². The Labute approximate surface area is 194 Å². The van der Waals surface area contributed by atoms with Gasteiger partial charge in [-0.3, -0.25) is 14.2 Å². The molecule has 0 atom stereocenters. The standard InChI is InChI=1S/C23H25FN6O4/c1-13-26-14(2)30(28-13)17-11-16(24)6-5-15(17)12-25-20(32)18-19(31)21(33)29-9-10-34-23(22(29)27-18)7-3-4-8-23/h5-6,11,31H,3-4,7-10,12H2,1-2H3,(H,25,32). The number of aryl methyl sites for hydroxylation is 2. The Morgan fingerprint density at radius 1 is 1.26 bits per heavy atom. The van der Waals surface area contributed by atoms with E-state index in [4.69, 9.17) is 4.74 Å². The lowest BCUT2D eigenvalue weighted by molar-refractivity contribution is -0.0789. The number of benzene rings is 1. The zero-order chi connectivity index (χ0) is 24.0. The Hall–Kier alpha value is -3.60. The average Bonchev–Trinajstić information content (AvgIpc) is 3.41.